The highest BCUT2D eigenvalue weighted by atomic mass is 79.9. The van der Waals surface area contributed by atoms with Crippen molar-refractivity contribution in [3.8, 4) is 0 Å². The second-order valence-corrected chi connectivity index (χ2v) is 5.24. The molecule has 0 heterocycles. The molecular formula is C14H11BrClNO. The van der Waals surface area contributed by atoms with Gasteiger partial charge >= 0.3 is 0 Å². The maximum atomic E-state index is 12.4. The largest absolute Gasteiger partial charge is 0.399 e. The molecule has 0 aliphatic heterocycles. The van der Waals surface area contributed by atoms with Gasteiger partial charge in [0.25, 0.3) is 0 Å². The fourth-order valence-electron chi connectivity index (χ4n) is 1.77. The Bertz CT molecular complexity index is 625. The van der Waals surface area contributed by atoms with Gasteiger partial charge in [-0.05, 0) is 58.7 Å². The molecule has 2 aromatic carbocycles. The summed E-state index contributed by atoms with van der Waals surface area (Å²) in [6.07, 6.45) is 0. The van der Waals surface area contributed by atoms with Crippen molar-refractivity contribution in [1.82, 2.24) is 0 Å². The van der Waals surface area contributed by atoms with Crippen LogP contribution in [0.25, 0.3) is 0 Å². The minimum Gasteiger partial charge on any atom is -0.399 e. The summed E-state index contributed by atoms with van der Waals surface area (Å²) < 4.78 is 0.711. The summed E-state index contributed by atoms with van der Waals surface area (Å²) in [6, 6.07) is 10.5. The lowest BCUT2D eigenvalue weighted by atomic mass is 9.99. The van der Waals surface area contributed by atoms with Crippen LogP contribution in [0.15, 0.2) is 40.9 Å². The molecular weight excluding hydrogens is 314 g/mol. The Morgan fingerprint density at radius 2 is 1.94 bits per heavy atom. The van der Waals surface area contributed by atoms with E-state index in [1.807, 2.05) is 6.92 Å². The van der Waals surface area contributed by atoms with Gasteiger partial charge in [-0.25, -0.2) is 0 Å². The first-order valence-electron chi connectivity index (χ1n) is 5.35. The van der Waals surface area contributed by atoms with E-state index >= 15 is 0 Å². The molecule has 2 aromatic rings. The van der Waals surface area contributed by atoms with Crippen molar-refractivity contribution in [2.75, 3.05) is 5.73 Å². The van der Waals surface area contributed by atoms with E-state index in [1.165, 1.54) is 0 Å². The van der Waals surface area contributed by atoms with Gasteiger partial charge in [0, 0.05) is 21.3 Å². The van der Waals surface area contributed by atoms with E-state index in [2.05, 4.69) is 15.9 Å². The van der Waals surface area contributed by atoms with Gasteiger partial charge in [0.1, 0.15) is 0 Å². The van der Waals surface area contributed by atoms with Crippen LogP contribution in [0.4, 0.5) is 5.69 Å². The van der Waals surface area contributed by atoms with E-state index in [9.17, 15) is 4.79 Å². The fourth-order valence-corrected chi connectivity index (χ4v) is 2.34. The molecule has 0 fully saturated rings. The maximum Gasteiger partial charge on any atom is 0.194 e. The van der Waals surface area contributed by atoms with E-state index in [1.54, 1.807) is 36.4 Å². The third kappa shape index (κ3) is 2.42. The number of anilines is 1. The highest BCUT2D eigenvalue weighted by molar-refractivity contribution is 9.10. The summed E-state index contributed by atoms with van der Waals surface area (Å²) in [7, 11) is 0. The first-order valence-corrected chi connectivity index (χ1v) is 6.52. The predicted molar refractivity (Wildman–Crippen MR) is 78.2 cm³/mol. The summed E-state index contributed by atoms with van der Waals surface area (Å²) in [5, 5.41) is 0.429. The maximum absolute atomic E-state index is 12.4. The van der Waals surface area contributed by atoms with E-state index < -0.39 is 0 Å². The molecule has 0 spiro atoms. The van der Waals surface area contributed by atoms with Crippen LogP contribution in [-0.2, 0) is 0 Å². The third-order valence-electron chi connectivity index (χ3n) is 2.69. The van der Waals surface area contributed by atoms with Crippen LogP contribution >= 0.6 is 27.5 Å². The lowest BCUT2D eigenvalue weighted by Gasteiger charge is -2.08. The first kappa shape index (κ1) is 13.1. The van der Waals surface area contributed by atoms with Crippen molar-refractivity contribution in [2.24, 2.45) is 0 Å². The van der Waals surface area contributed by atoms with Crippen molar-refractivity contribution < 1.29 is 4.79 Å². The number of rotatable bonds is 2. The molecule has 2 N–H and O–H groups in total. The monoisotopic (exact) mass is 323 g/mol. The Morgan fingerprint density at radius 1 is 1.22 bits per heavy atom. The molecule has 0 atom stereocenters. The second-order valence-electron chi connectivity index (χ2n) is 4.00. The van der Waals surface area contributed by atoms with Crippen LogP contribution in [0, 0.1) is 6.92 Å². The Labute approximate surface area is 119 Å². The average molecular weight is 325 g/mol. The van der Waals surface area contributed by atoms with Gasteiger partial charge in [-0.15, -0.1) is 0 Å². The number of carbonyl (C=O) groups is 1. The molecule has 2 rings (SSSR count). The quantitative estimate of drug-likeness (QED) is 0.664. The van der Waals surface area contributed by atoms with Crippen LogP contribution < -0.4 is 5.73 Å². The fraction of sp³-hybridized carbons (Fsp3) is 0.0714. The van der Waals surface area contributed by atoms with Crippen molar-refractivity contribution in [2.45, 2.75) is 6.92 Å². The first-order chi connectivity index (χ1) is 8.50. The van der Waals surface area contributed by atoms with E-state index in [4.69, 9.17) is 17.3 Å². The molecule has 0 aliphatic carbocycles. The number of hydrogen-bond donors (Lipinski definition) is 1. The summed E-state index contributed by atoms with van der Waals surface area (Å²) >= 11 is 9.44. The van der Waals surface area contributed by atoms with Crippen LogP contribution in [-0.4, -0.2) is 5.78 Å². The molecule has 2 nitrogen and oxygen atoms in total. The lowest BCUT2D eigenvalue weighted by molar-refractivity contribution is 0.103. The molecule has 4 heteroatoms. The standard InChI is InChI=1S/C14H11BrClNO/c1-8-7-9(17)5-6-10(8)14(18)11-3-2-4-12(15)13(11)16/h2-7H,17H2,1H3. The van der Waals surface area contributed by atoms with Crippen LogP contribution in [0.5, 0.6) is 0 Å². The number of aryl methyl sites for hydroxylation is 1. The van der Waals surface area contributed by atoms with Crippen molar-refractivity contribution in [3.05, 3.63) is 62.6 Å². The Morgan fingerprint density at radius 3 is 2.61 bits per heavy atom. The van der Waals surface area contributed by atoms with E-state index in [0.29, 0.717) is 26.3 Å². The van der Waals surface area contributed by atoms with Gasteiger partial charge < -0.3 is 5.73 Å². The van der Waals surface area contributed by atoms with Gasteiger partial charge in [0.15, 0.2) is 5.78 Å². The van der Waals surface area contributed by atoms with Gasteiger partial charge in [-0.1, -0.05) is 17.7 Å². The normalized spacial score (nSPS) is 10.4. The van der Waals surface area contributed by atoms with Crippen molar-refractivity contribution in [3.63, 3.8) is 0 Å². The molecule has 18 heavy (non-hydrogen) atoms. The zero-order valence-corrected chi connectivity index (χ0v) is 12.0. The number of benzene rings is 2. The number of nitrogen functional groups attached to an aromatic ring is 1. The molecule has 0 unspecified atom stereocenters. The minimum absolute atomic E-state index is 0.0983. The Hall–Kier alpha value is -1.32. The molecule has 0 radical (unpaired) electrons. The second kappa shape index (κ2) is 5.12. The highest BCUT2D eigenvalue weighted by Crippen LogP contribution is 2.28. The molecule has 92 valence electrons. The highest BCUT2D eigenvalue weighted by Gasteiger charge is 2.16. The molecule has 0 saturated carbocycles. The summed E-state index contributed by atoms with van der Waals surface area (Å²) in [5.74, 6) is -0.0983. The van der Waals surface area contributed by atoms with Gasteiger partial charge in [-0.3, -0.25) is 4.79 Å². The van der Waals surface area contributed by atoms with Crippen molar-refractivity contribution in [1.29, 1.82) is 0 Å². The van der Waals surface area contributed by atoms with Gasteiger partial charge in [-0.2, -0.15) is 0 Å². The topological polar surface area (TPSA) is 43.1 Å². The molecule has 0 bridgehead atoms. The summed E-state index contributed by atoms with van der Waals surface area (Å²) in [5.41, 5.74) is 8.26. The zero-order valence-electron chi connectivity index (χ0n) is 9.71. The van der Waals surface area contributed by atoms with E-state index in [0.717, 1.165) is 5.56 Å². The van der Waals surface area contributed by atoms with Crippen LogP contribution in [0.3, 0.4) is 0 Å². The van der Waals surface area contributed by atoms with Crippen LogP contribution in [0.2, 0.25) is 5.02 Å². The zero-order chi connectivity index (χ0) is 13.3. The molecule has 0 aliphatic rings. The summed E-state index contributed by atoms with van der Waals surface area (Å²) in [4.78, 5) is 12.4. The van der Waals surface area contributed by atoms with E-state index in [-0.39, 0.29) is 5.78 Å². The molecule has 0 amide bonds. The molecule has 0 aromatic heterocycles. The SMILES string of the molecule is Cc1cc(N)ccc1C(=O)c1cccc(Br)c1Cl. The minimum atomic E-state index is -0.0983. The summed E-state index contributed by atoms with van der Waals surface area (Å²) in [6.45, 7) is 1.86. The number of carbonyl (C=O) groups excluding carboxylic acids is 1. The average Bonchev–Trinajstić information content (AvgIpc) is 2.32. The van der Waals surface area contributed by atoms with Crippen molar-refractivity contribution >= 4 is 39.0 Å². The van der Waals surface area contributed by atoms with Crippen LogP contribution in [0.1, 0.15) is 21.5 Å². The number of halogens is 2. The Kier molecular flexibility index (Phi) is 3.73. The lowest BCUT2D eigenvalue weighted by Crippen LogP contribution is -2.05. The van der Waals surface area contributed by atoms with Gasteiger partial charge in [0.05, 0.1) is 5.02 Å². The Balaban J connectivity index is 2.51. The number of ketones is 1. The van der Waals surface area contributed by atoms with Gasteiger partial charge in [0.2, 0.25) is 0 Å². The number of hydrogen-bond acceptors (Lipinski definition) is 2. The molecule has 0 saturated heterocycles. The number of nitrogens with two attached hydrogens (primary N) is 1. The smallest absolute Gasteiger partial charge is 0.194 e. The predicted octanol–water partition coefficient (Wildman–Crippen LogP) is 4.22. The third-order valence-corrected chi connectivity index (χ3v) is 3.99.